The summed E-state index contributed by atoms with van der Waals surface area (Å²) in [6.07, 6.45) is 37.3. The van der Waals surface area contributed by atoms with Crippen molar-refractivity contribution in [3.63, 3.8) is 0 Å². The van der Waals surface area contributed by atoms with Crippen LogP contribution in [0, 0.1) is 5.92 Å². The average Bonchev–Trinajstić information content (AvgIpc) is 3.38. The van der Waals surface area contributed by atoms with Crippen molar-refractivity contribution in [1.82, 2.24) is 9.55 Å². The highest BCUT2D eigenvalue weighted by Crippen LogP contribution is 2.37. The van der Waals surface area contributed by atoms with Crippen LogP contribution in [0.15, 0.2) is 18.7 Å². The van der Waals surface area contributed by atoms with Gasteiger partial charge in [0.15, 0.2) is 0 Å². The van der Waals surface area contributed by atoms with E-state index in [0.717, 1.165) is 5.92 Å². The van der Waals surface area contributed by atoms with Gasteiger partial charge in [-0.15, -0.1) is 0 Å². The van der Waals surface area contributed by atoms with Crippen molar-refractivity contribution in [3.05, 3.63) is 18.7 Å². The van der Waals surface area contributed by atoms with E-state index in [-0.39, 0.29) is 5.54 Å². The molecule has 2 unspecified atom stereocenters. The maximum atomic E-state index is 4.39. The predicted octanol–water partition coefficient (Wildman–Crippen LogP) is 10.9. The summed E-state index contributed by atoms with van der Waals surface area (Å²) in [7, 11) is 0. The summed E-state index contributed by atoms with van der Waals surface area (Å²) >= 11 is 0. The molecule has 0 amide bonds. The second-order valence-electron chi connectivity index (χ2n) is 11.0. The lowest BCUT2D eigenvalue weighted by molar-refractivity contribution is 0.153. The Morgan fingerprint density at radius 1 is 0.606 bits per heavy atom. The molecule has 1 aromatic heterocycles. The number of aromatic nitrogens is 2. The van der Waals surface area contributed by atoms with Crippen molar-refractivity contribution in [2.24, 2.45) is 5.92 Å². The molecule has 2 heteroatoms. The van der Waals surface area contributed by atoms with Crippen LogP contribution < -0.4 is 0 Å². The molecule has 1 aromatic rings. The Bertz CT molecular complexity index is 509. The SMILES string of the molecule is CCCCCCCCCCCCC(CCCCCCCCCCC)C(C)(CC)n1ccnc1. The first-order chi connectivity index (χ1) is 16.2. The summed E-state index contributed by atoms with van der Waals surface area (Å²) in [6, 6.07) is 0. The van der Waals surface area contributed by atoms with E-state index >= 15 is 0 Å². The Morgan fingerprint density at radius 3 is 1.33 bits per heavy atom. The highest BCUT2D eigenvalue weighted by molar-refractivity contribution is 4.93. The van der Waals surface area contributed by atoms with E-state index in [1.54, 1.807) is 0 Å². The molecule has 0 N–H and O–H groups in total. The number of hydrogen-bond acceptors (Lipinski definition) is 1. The maximum Gasteiger partial charge on any atom is 0.0951 e. The van der Waals surface area contributed by atoms with Gasteiger partial charge < -0.3 is 4.57 Å². The summed E-state index contributed by atoms with van der Waals surface area (Å²) in [6.45, 7) is 9.48. The molecular weight excluding hydrogens is 400 g/mol. The van der Waals surface area contributed by atoms with E-state index in [1.165, 1.54) is 141 Å². The Morgan fingerprint density at radius 2 is 1.00 bits per heavy atom. The van der Waals surface area contributed by atoms with Crippen LogP contribution in [-0.2, 0) is 5.54 Å². The summed E-state index contributed by atoms with van der Waals surface area (Å²) in [5, 5.41) is 0. The van der Waals surface area contributed by atoms with Crippen LogP contribution >= 0.6 is 0 Å². The van der Waals surface area contributed by atoms with Gasteiger partial charge >= 0.3 is 0 Å². The predicted molar refractivity (Wildman–Crippen MR) is 148 cm³/mol. The zero-order chi connectivity index (χ0) is 24.0. The monoisotopic (exact) mass is 460 g/mol. The van der Waals surface area contributed by atoms with Gasteiger partial charge in [-0.2, -0.15) is 0 Å². The second-order valence-corrected chi connectivity index (χ2v) is 11.0. The van der Waals surface area contributed by atoms with Crippen molar-refractivity contribution < 1.29 is 0 Å². The zero-order valence-corrected chi connectivity index (χ0v) is 23.3. The minimum absolute atomic E-state index is 0.218. The van der Waals surface area contributed by atoms with Gasteiger partial charge in [0.25, 0.3) is 0 Å². The summed E-state index contributed by atoms with van der Waals surface area (Å²) in [5.74, 6) is 0.773. The molecule has 1 rings (SSSR count). The third kappa shape index (κ3) is 13.6. The summed E-state index contributed by atoms with van der Waals surface area (Å²) < 4.78 is 2.42. The van der Waals surface area contributed by atoms with E-state index in [0.29, 0.717) is 0 Å². The van der Waals surface area contributed by atoms with E-state index < -0.39 is 0 Å². The van der Waals surface area contributed by atoms with Gasteiger partial charge in [0.05, 0.1) is 6.33 Å². The Labute approximate surface area is 208 Å². The van der Waals surface area contributed by atoms with Crippen LogP contribution in [0.5, 0.6) is 0 Å². The highest BCUT2D eigenvalue weighted by Gasteiger charge is 2.33. The van der Waals surface area contributed by atoms with Gasteiger partial charge in [0, 0.05) is 17.9 Å². The molecule has 0 fully saturated rings. The fourth-order valence-electron chi connectivity index (χ4n) is 5.59. The second kappa shape index (κ2) is 20.6. The molecule has 2 nitrogen and oxygen atoms in total. The van der Waals surface area contributed by atoms with Crippen LogP contribution in [0.3, 0.4) is 0 Å². The Kier molecular flexibility index (Phi) is 18.9. The van der Waals surface area contributed by atoms with Gasteiger partial charge in [0.1, 0.15) is 0 Å². The standard InChI is InChI=1S/C31H60N2/c1-5-8-10-12-14-16-18-20-22-24-26-30(31(4,7-3)33-28-27-32-29-33)25-23-21-19-17-15-13-11-9-6-2/h27-30H,5-26H2,1-4H3. The quantitative estimate of drug-likeness (QED) is 0.140. The molecule has 0 radical (unpaired) electrons. The van der Waals surface area contributed by atoms with Crippen LogP contribution in [0.25, 0.3) is 0 Å². The summed E-state index contributed by atoms with van der Waals surface area (Å²) in [4.78, 5) is 4.39. The van der Waals surface area contributed by atoms with Crippen molar-refractivity contribution in [3.8, 4) is 0 Å². The highest BCUT2D eigenvalue weighted by atomic mass is 15.1. The van der Waals surface area contributed by atoms with Gasteiger partial charge in [-0.05, 0) is 32.1 Å². The molecule has 0 bridgehead atoms. The molecule has 0 aliphatic heterocycles. The van der Waals surface area contributed by atoms with Gasteiger partial charge in [0.2, 0.25) is 0 Å². The number of unbranched alkanes of at least 4 members (excludes halogenated alkanes) is 17. The van der Waals surface area contributed by atoms with Crippen LogP contribution in [-0.4, -0.2) is 9.55 Å². The Hall–Kier alpha value is -0.790. The molecule has 0 aromatic carbocycles. The number of nitrogens with zero attached hydrogens (tertiary/aromatic N) is 2. The van der Waals surface area contributed by atoms with Gasteiger partial charge in [-0.1, -0.05) is 143 Å². The molecule has 0 saturated heterocycles. The maximum absolute atomic E-state index is 4.39. The molecular formula is C31H60N2. The third-order valence-electron chi connectivity index (χ3n) is 8.25. The van der Waals surface area contributed by atoms with E-state index in [2.05, 4.69) is 49.8 Å². The first-order valence-electron chi connectivity index (χ1n) is 15.2. The fraction of sp³-hybridized carbons (Fsp3) is 0.903. The van der Waals surface area contributed by atoms with Crippen molar-refractivity contribution in [1.29, 1.82) is 0 Å². The largest absolute Gasteiger partial charge is 0.331 e. The lowest BCUT2D eigenvalue weighted by atomic mass is 9.76. The van der Waals surface area contributed by atoms with Crippen LogP contribution in [0.4, 0.5) is 0 Å². The average molecular weight is 461 g/mol. The van der Waals surface area contributed by atoms with E-state index in [1.807, 2.05) is 6.20 Å². The minimum Gasteiger partial charge on any atom is -0.331 e. The zero-order valence-electron chi connectivity index (χ0n) is 23.3. The molecule has 1 heterocycles. The van der Waals surface area contributed by atoms with Crippen molar-refractivity contribution in [2.75, 3.05) is 0 Å². The third-order valence-corrected chi connectivity index (χ3v) is 8.25. The van der Waals surface area contributed by atoms with E-state index in [9.17, 15) is 0 Å². The molecule has 2 atom stereocenters. The lowest BCUT2D eigenvalue weighted by Gasteiger charge is -2.39. The molecule has 0 aliphatic carbocycles. The number of hydrogen-bond donors (Lipinski definition) is 0. The first kappa shape index (κ1) is 30.2. The topological polar surface area (TPSA) is 17.8 Å². The molecule has 33 heavy (non-hydrogen) atoms. The molecule has 0 aliphatic rings. The molecule has 0 saturated carbocycles. The van der Waals surface area contributed by atoms with Crippen LogP contribution in [0.1, 0.15) is 169 Å². The summed E-state index contributed by atoms with van der Waals surface area (Å²) in [5.41, 5.74) is 0.218. The first-order valence-corrected chi connectivity index (χ1v) is 15.2. The van der Waals surface area contributed by atoms with E-state index in [4.69, 9.17) is 0 Å². The van der Waals surface area contributed by atoms with Gasteiger partial charge in [-0.25, -0.2) is 4.98 Å². The number of imidazole rings is 1. The molecule has 0 spiro atoms. The molecule has 194 valence electrons. The minimum atomic E-state index is 0.218. The van der Waals surface area contributed by atoms with Crippen LogP contribution in [0.2, 0.25) is 0 Å². The van der Waals surface area contributed by atoms with Crippen molar-refractivity contribution >= 4 is 0 Å². The van der Waals surface area contributed by atoms with Crippen molar-refractivity contribution in [2.45, 2.75) is 174 Å². The number of rotatable bonds is 24. The van der Waals surface area contributed by atoms with Gasteiger partial charge in [-0.3, -0.25) is 0 Å². The Balaban J connectivity index is 2.34. The lowest BCUT2D eigenvalue weighted by Crippen LogP contribution is -2.37. The smallest absolute Gasteiger partial charge is 0.0951 e. The normalized spacial score (nSPS) is 14.4. The fourth-order valence-corrected chi connectivity index (χ4v) is 5.59.